The Balaban J connectivity index is 1.84. The van der Waals surface area contributed by atoms with Gasteiger partial charge in [-0.15, -0.1) is 0 Å². The maximum Gasteiger partial charge on any atom is 0.227 e. The fourth-order valence-electron chi connectivity index (χ4n) is 2.62. The van der Waals surface area contributed by atoms with Gasteiger partial charge in [-0.3, -0.25) is 4.79 Å². The van der Waals surface area contributed by atoms with E-state index in [-0.39, 0.29) is 11.0 Å². The average Bonchev–Trinajstić information content (AvgIpc) is 3.00. The number of hydrogen-bond donors (Lipinski definition) is 2. The van der Waals surface area contributed by atoms with Crippen LogP contribution in [0.4, 0.5) is 5.69 Å². The number of amides is 1. The zero-order valence-electron chi connectivity index (χ0n) is 15.1. The Kier molecular flexibility index (Phi) is 5.32. The van der Waals surface area contributed by atoms with Crippen molar-refractivity contribution in [2.24, 2.45) is 0 Å². The molecule has 2 aromatic carbocycles. The predicted octanol–water partition coefficient (Wildman–Crippen LogP) is 4.72. The molecule has 0 aliphatic carbocycles. The summed E-state index contributed by atoms with van der Waals surface area (Å²) in [6.45, 7) is 5.94. The molecule has 0 saturated heterocycles. The van der Waals surface area contributed by atoms with Crippen molar-refractivity contribution in [1.29, 1.82) is 0 Å². The van der Waals surface area contributed by atoms with Crippen LogP contribution < -0.4 is 10.6 Å². The van der Waals surface area contributed by atoms with Crippen LogP contribution in [0, 0.1) is 13.8 Å². The molecule has 26 heavy (non-hydrogen) atoms. The Bertz CT molecular complexity index is 978. The van der Waals surface area contributed by atoms with E-state index in [4.69, 9.17) is 16.6 Å². The molecule has 3 rings (SSSR count). The number of hydrogen-bond acceptors (Lipinski definition) is 4. The van der Waals surface area contributed by atoms with Crippen molar-refractivity contribution in [2.45, 2.75) is 33.6 Å². The molecule has 3 aromatic rings. The van der Waals surface area contributed by atoms with Crippen molar-refractivity contribution in [3.63, 3.8) is 0 Å². The minimum atomic E-state index is -0.0897. The third-order valence-corrected chi connectivity index (χ3v) is 4.21. The summed E-state index contributed by atoms with van der Waals surface area (Å²) in [7, 11) is 0. The van der Waals surface area contributed by atoms with Crippen molar-refractivity contribution in [3.8, 4) is 11.5 Å². The number of aryl methyl sites for hydroxylation is 2. The first kappa shape index (κ1) is 18.1. The topological polar surface area (TPSA) is 67.2 Å². The van der Waals surface area contributed by atoms with Crippen molar-refractivity contribution in [2.75, 3.05) is 5.32 Å². The first-order chi connectivity index (χ1) is 12.5. The van der Waals surface area contributed by atoms with Gasteiger partial charge in [-0.2, -0.15) is 0 Å². The zero-order chi connectivity index (χ0) is 18.7. The molecule has 1 amide bonds. The van der Waals surface area contributed by atoms with Crippen LogP contribution in [0.25, 0.3) is 22.6 Å². The van der Waals surface area contributed by atoms with Crippen molar-refractivity contribution in [3.05, 3.63) is 47.5 Å². The fourth-order valence-corrected chi connectivity index (χ4v) is 2.84. The molecule has 134 valence electrons. The van der Waals surface area contributed by atoms with Gasteiger partial charge in [0.15, 0.2) is 10.7 Å². The lowest BCUT2D eigenvalue weighted by molar-refractivity contribution is -0.119. The Labute approximate surface area is 157 Å². The molecule has 0 saturated carbocycles. The Hall–Kier alpha value is -2.73. The largest absolute Gasteiger partial charge is 0.436 e. The molecule has 0 fully saturated rings. The highest BCUT2D eigenvalue weighted by Gasteiger charge is 2.11. The summed E-state index contributed by atoms with van der Waals surface area (Å²) < 4.78 is 5.86. The van der Waals surface area contributed by atoms with Gasteiger partial charge in [-0.05, 0) is 67.9 Å². The number of benzene rings is 2. The van der Waals surface area contributed by atoms with Gasteiger partial charge in [-0.1, -0.05) is 19.1 Å². The van der Waals surface area contributed by atoms with Gasteiger partial charge in [0, 0.05) is 17.7 Å². The molecule has 1 aromatic heterocycles. The number of nitrogens with one attached hydrogen (secondary N) is 2. The summed E-state index contributed by atoms with van der Waals surface area (Å²) in [5, 5.41) is 6.06. The summed E-state index contributed by atoms with van der Waals surface area (Å²) in [4.78, 5) is 16.2. The number of nitrogens with zero attached hydrogens (tertiary/aromatic N) is 1. The van der Waals surface area contributed by atoms with E-state index in [0.717, 1.165) is 39.9 Å². The number of carbonyl (C=O) groups is 1. The lowest BCUT2D eigenvalue weighted by Gasteiger charge is -2.12. The second kappa shape index (κ2) is 7.66. The molecule has 5 nitrogen and oxygen atoms in total. The first-order valence-corrected chi connectivity index (χ1v) is 8.96. The Morgan fingerprint density at radius 2 is 2.00 bits per heavy atom. The van der Waals surface area contributed by atoms with E-state index in [1.807, 2.05) is 57.2 Å². The van der Waals surface area contributed by atoms with Crippen LogP contribution in [-0.4, -0.2) is 16.0 Å². The van der Waals surface area contributed by atoms with Crippen LogP contribution in [0.3, 0.4) is 0 Å². The monoisotopic (exact) mass is 367 g/mol. The molecule has 2 N–H and O–H groups in total. The molecular weight excluding hydrogens is 346 g/mol. The van der Waals surface area contributed by atoms with Crippen LogP contribution in [0.15, 0.2) is 40.8 Å². The highest BCUT2D eigenvalue weighted by molar-refractivity contribution is 7.80. The van der Waals surface area contributed by atoms with Gasteiger partial charge >= 0.3 is 0 Å². The molecule has 0 aliphatic rings. The fraction of sp³-hybridized carbons (Fsp3) is 0.250. The number of anilines is 1. The van der Waals surface area contributed by atoms with Crippen LogP contribution in [0.2, 0.25) is 0 Å². The van der Waals surface area contributed by atoms with E-state index in [2.05, 4.69) is 15.6 Å². The highest BCUT2D eigenvalue weighted by atomic mass is 32.1. The van der Waals surface area contributed by atoms with E-state index in [9.17, 15) is 4.79 Å². The maximum atomic E-state index is 11.7. The number of rotatable bonds is 4. The number of oxazole rings is 1. The van der Waals surface area contributed by atoms with E-state index in [1.54, 1.807) is 0 Å². The summed E-state index contributed by atoms with van der Waals surface area (Å²) in [6, 6.07) is 11.8. The smallest absolute Gasteiger partial charge is 0.227 e. The van der Waals surface area contributed by atoms with E-state index in [0.29, 0.717) is 12.3 Å². The van der Waals surface area contributed by atoms with Crippen molar-refractivity contribution < 1.29 is 9.21 Å². The van der Waals surface area contributed by atoms with Crippen LogP contribution in [0.5, 0.6) is 0 Å². The summed E-state index contributed by atoms with van der Waals surface area (Å²) in [5.41, 5.74) is 5.38. The standard InChI is InChI=1S/C20H21N3O2S/c1-4-5-18(24)23-20(26)22-15-11-14(8-7-13(15)3)19-21-16-10-12(2)6-9-17(16)25-19/h6-11H,4-5H2,1-3H3,(H2,22,23,24,26). The maximum absolute atomic E-state index is 11.7. The molecule has 0 atom stereocenters. The van der Waals surface area contributed by atoms with E-state index >= 15 is 0 Å². The van der Waals surface area contributed by atoms with Gasteiger partial charge < -0.3 is 15.1 Å². The van der Waals surface area contributed by atoms with E-state index < -0.39 is 0 Å². The summed E-state index contributed by atoms with van der Waals surface area (Å²) in [6.07, 6.45) is 1.23. The molecule has 0 radical (unpaired) electrons. The van der Waals surface area contributed by atoms with Gasteiger partial charge in [0.05, 0.1) is 0 Å². The minimum Gasteiger partial charge on any atom is -0.436 e. The van der Waals surface area contributed by atoms with Crippen LogP contribution in [-0.2, 0) is 4.79 Å². The third-order valence-electron chi connectivity index (χ3n) is 4.01. The highest BCUT2D eigenvalue weighted by Crippen LogP contribution is 2.28. The van der Waals surface area contributed by atoms with Gasteiger partial charge in [0.1, 0.15) is 5.52 Å². The number of fused-ring (bicyclic) bond motifs is 1. The molecule has 0 bridgehead atoms. The average molecular weight is 367 g/mol. The number of aromatic nitrogens is 1. The van der Waals surface area contributed by atoms with Crippen molar-refractivity contribution >= 4 is 40.0 Å². The first-order valence-electron chi connectivity index (χ1n) is 8.55. The molecule has 0 spiro atoms. The Morgan fingerprint density at radius 1 is 1.19 bits per heavy atom. The SMILES string of the molecule is CCCC(=O)NC(=S)Nc1cc(-c2nc3cc(C)ccc3o2)ccc1C. The molecular formula is C20H21N3O2S. The summed E-state index contributed by atoms with van der Waals surface area (Å²) in [5.74, 6) is 0.461. The molecule has 0 unspecified atom stereocenters. The van der Waals surface area contributed by atoms with Gasteiger partial charge in [0.25, 0.3) is 0 Å². The van der Waals surface area contributed by atoms with E-state index in [1.165, 1.54) is 0 Å². The third kappa shape index (κ3) is 4.08. The molecule has 6 heteroatoms. The second-order valence-corrected chi connectivity index (χ2v) is 6.68. The Morgan fingerprint density at radius 3 is 2.77 bits per heavy atom. The lowest BCUT2D eigenvalue weighted by Crippen LogP contribution is -2.34. The van der Waals surface area contributed by atoms with Crippen LogP contribution in [0.1, 0.15) is 30.9 Å². The van der Waals surface area contributed by atoms with Crippen molar-refractivity contribution in [1.82, 2.24) is 10.3 Å². The molecule has 0 aliphatic heterocycles. The predicted molar refractivity (Wildman–Crippen MR) is 108 cm³/mol. The summed E-state index contributed by atoms with van der Waals surface area (Å²) >= 11 is 5.23. The minimum absolute atomic E-state index is 0.0897. The zero-order valence-corrected chi connectivity index (χ0v) is 15.9. The van der Waals surface area contributed by atoms with Gasteiger partial charge in [0.2, 0.25) is 11.8 Å². The lowest BCUT2D eigenvalue weighted by atomic mass is 10.1. The number of carbonyl (C=O) groups excluding carboxylic acids is 1. The quantitative estimate of drug-likeness (QED) is 0.653. The second-order valence-electron chi connectivity index (χ2n) is 6.27. The van der Waals surface area contributed by atoms with Gasteiger partial charge in [-0.25, -0.2) is 4.98 Å². The number of thiocarbonyl (C=S) groups is 1. The molecule has 1 heterocycles. The van der Waals surface area contributed by atoms with Crippen LogP contribution >= 0.6 is 12.2 Å². The normalized spacial score (nSPS) is 10.7.